The van der Waals surface area contributed by atoms with Crippen molar-refractivity contribution in [3.05, 3.63) is 53.3 Å². The zero-order valence-corrected chi connectivity index (χ0v) is 13.9. The van der Waals surface area contributed by atoms with Crippen LogP contribution >= 0.6 is 11.3 Å². The molecular formula is C16H12FN3O2S2. The molecule has 3 heterocycles. The first kappa shape index (κ1) is 15.2. The number of benzene rings is 1. The number of nitrogens with one attached hydrogen (secondary N) is 1. The summed E-state index contributed by atoms with van der Waals surface area (Å²) in [5.41, 5.74) is 1.75. The molecule has 0 fully saturated rings. The molecule has 1 aliphatic rings. The summed E-state index contributed by atoms with van der Waals surface area (Å²) in [6.07, 6.45) is 3.07. The first-order valence-corrected chi connectivity index (χ1v) is 9.77. The van der Waals surface area contributed by atoms with E-state index in [1.807, 2.05) is 5.38 Å². The Hall–Kier alpha value is -2.32. The number of thiophene rings is 1. The normalized spacial score (nSPS) is 19.0. The minimum absolute atomic E-state index is 0.00845. The number of halogens is 1. The van der Waals surface area contributed by atoms with E-state index in [0.717, 1.165) is 21.3 Å². The van der Waals surface area contributed by atoms with Crippen molar-refractivity contribution in [2.45, 2.75) is 6.04 Å². The van der Waals surface area contributed by atoms with Gasteiger partial charge in [-0.1, -0.05) is 12.1 Å². The third-order valence-corrected chi connectivity index (χ3v) is 6.06. The summed E-state index contributed by atoms with van der Waals surface area (Å²) in [7, 11) is -3.15. The second-order valence-electron chi connectivity index (χ2n) is 5.47. The Morgan fingerprint density at radius 3 is 2.71 bits per heavy atom. The number of nitrogens with zero attached hydrogens (tertiary/aromatic N) is 2. The Morgan fingerprint density at radius 1 is 1.21 bits per heavy atom. The Bertz CT molecular complexity index is 1040. The second kappa shape index (κ2) is 5.64. The first-order chi connectivity index (χ1) is 11.5. The molecular weight excluding hydrogens is 349 g/mol. The fraction of sp³-hybridized carbons (Fsp3) is 0.125. The standard InChI is InChI=1S/C16H12FN3O2S2/c17-11-3-1-10(2-4-11)13-7-23-16-14(13)15(18-9-19-16)20-12-5-6-24(21,22)8-12/h1-7,9,12H,8H2,(H,18,19,20)/t12-/m0/s1. The minimum Gasteiger partial charge on any atom is -0.362 e. The number of aromatic nitrogens is 2. The lowest BCUT2D eigenvalue weighted by atomic mass is 10.1. The van der Waals surface area contributed by atoms with Gasteiger partial charge in [-0.3, -0.25) is 0 Å². The summed E-state index contributed by atoms with van der Waals surface area (Å²) in [6.45, 7) is 0. The molecule has 1 aliphatic heterocycles. The predicted molar refractivity (Wildman–Crippen MR) is 93.1 cm³/mol. The molecule has 1 N–H and O–H groups in total. The highest BCUT2D eigenvalue weighted by Gasteiger charge is 2.23. The molecule has 5 nitrogen and oxygen atoms in total. The maximum atomic E-state index is 13.2. The van der Waals surface area contributed by atoms with E-state index in [2.05, 4.69) is 15.3 Å². The average Bonchev–Trinajstić information content (AvgIpc) is 3.12. The maximum Gasteiger partial charge on any atom is 0.173 e. The predicted octanol–water partition coefficient (Wildman–Crippen LogP) is 3.22. The van der Waals surface area contributed by atoms with Crippen LogP contribution in [0.25, 0.3) is 21.3 Å². The summed E-state index contributed by atoms with van der Waals surface area (Å²) in [5.74, 6) is 0.288. The van der Waals surface area contributed by atoms with Crippen molar-refractivity contribution < 1.29 is 12.8 Å². The second-order valence-corrected chi connectivity index (χ2v) is 8.26. The molecule has 24 heavy (non-hydrogen) atoms. The largest absolute Gasteiger partial charge is 0.362 e. The van der Waals surface area contributed by atoms with E-state index >= 15 is 0 Å². The average molecular weight is 361 g/mol. The highest BCUT2D eigenvalue weighted by atomic mass is 32.2. The minimum atomic E-state index is -3.15. The quantitative estimate of drug-likeness (QED) is 0.775. The third kappa shape index (κ3) is 2.78. The van der Waals surface area contributed by atoms with Crippen molar-refractivity contribution >= 4 is 37.2 Å². The van der Waals surface area contributed by atoms with Gasteiger partial charge in [0.2, 0.25) is 0 Å². The lowest BCUT2D eigenvalue weighted by Crippen LogP contribution is -2.21. The van der Waals surface area contributed by atoms with E-state index in [9.17, 15) is 12.8 Å². The van der Waals surface area contributed by atoms with Crippen LogP contribution in [0.2, 0.25) is 0 Å². The summed E-state index contributed by atoms with van der Waals surface area (Å²) in [6, 6.07) is 5.89. The lowest BCUT2D eigenvalue weighted by Gasteiger charge is -2.12. The topological polar surface area (TPSA) is 72.0 Å². The van der Waals surface area contributed by atoms with Crippen LogP contribution in [0.5, 0.6) is 0 Å². The van der Waals surface area contributed by atoms with Crippen LogP contribution < -0.4 is 5.32 Å². The van der Waals surface area contributed by atoms with E-state index in [1.165, 1.54) is 35.2 Å². The van der Waals surface area contributed by atoms with Crippen LogP contribution in [-0.2, 0) is 9.84 Å². The van der Waals surface area contributed by atoms with Gasteiger partial charge in [0.25, 0.3) is 0 Å². The highest BCUT2D eigenvalue weighted by molar-refractivity contribution is 7.94. The lowest BCUT2D eigenvalue weighted by molar-refractivity contribution is 0.605. The molecule has 4 rings (SSSR count). The molecule has 0 unspecified atom stereocenters. The van der Waals surface area contributed by atoms with Gasteiger partial charge in [-0.25, -0.2) is 22.8 Å². The summed E-state index contributed by atoms with van der Waals surface area (Å²) in [5, 5.41) is 7.14. The molecule has 3 aromatic rings. The SMILES string of the molecule is O=S1(=O)C=C[C@H](Nc2ncnc3scc(-c4ccc(F)cc4)c23)C1. The third-order valence-electron chi connectivity index (χ3n) is 3.78. The van der Waals surface area contributed by atoms with Gasteiger partial charge < -0.3 is 5.32 Å². The van der Waals surface area contributed by atoms with Gasteiger partial charge in [-0.05, 0) is 23.8 Å². The van der Waals surface area contributed by atoms with Crippen LogP contribution in [0.15, 0.2) is 47.5 Å². The molecule has 8 heteroatoms. The van der Waals surface area contributed by atoms with E-state index in [4.69, 9.17) is 0 Å². The summed E-state index contributed by atoms with van der Waals surface area (Å²) < 4.78 is 36.3. The van der Waals surface area contributed by atoms with Crippen molar-refractivity contribution in [3.63, 3.8) is 0 Å². The number of hydrogen-bond donors (Lipinski definition) is 1. The van der Waals surface area contributed by atoms with Gasteiger partial charge in [-0.2, -0.15) is 0 Å². The van der Waals surface area contributed by atoms with Gasteiger partial charge in [0.15, 0.2) is 9.84 Å². The summed E-state index contributed by atoms with van der Waals surface area (Å²) in [4.78, 5) is 9.33. The highest BCUT2D eigenvalue weighted by Crippen LogP contribution is 2.36. The monoisotopic (exact) mass is 361 g/mol. The zero-order valence-electron chi connectivity index (χ0n) is 12.3. The van der Waals surface area contributed by atoms with Crippen molar-refractivity contribution in [3.8, 4) is 11.1 Å². The van der Waals surface area contributed by atoms with E-state index in [1.54, 1.807) is 18.2 Å². The smallest absolute Gasteiger partial charge is 0.173 e. The number of anilines is 1. The van der Waals surface area contributed by atoms with Gasteiger partial charge in [0.05, 0.1) is 17.2 Å². The molecule has 0 saturated heterocycles. The van der Waals surface area contributed by atoms with Crippen molar-refractivity contribution in [2.75, 3.05) is 11.1 Å². The molecule has 1 aromatic carbocycles. The molecule has 0 aliphatic carbocycles. The van der Waals surface area contributed by atoms with Crippen LogP contribution in [-0.4, -0.2) is 30.2 Å². The molecule has 1 atom stereocenters. The van der Waals surface area contributed by atoms with Crippen LogP contribution in [0.4, 0.5) is 10.2 Å². The number of hydrogen-bond acceptors (Lipinski definition) is 6. The Balaban J connectivity index is 1.78. The fourth-order valence-corrected chi connectivity index (χ4v) is 4.82. The number of sulfone groups is 1. The van der Waals surface area contributed by atoms with Crippen molar-refractivity contribution in [1.29, 1.82) is 0 Å². The zero-order chi connectivity index (χ0) is 16.7. The molecule has 0 spiro atoms. The van der Waals surface area contributed by atoms with Crippen molar-refractivity contribution in [1.82, 2.24) is 9.97 Å². The van der Waals surface area contributed by atoms with Crippen LogP contribution in [0.3, 0.4) is 0 Å². The molecule has 2 aromatic heterocycles. The van der Waals surface area contributed by atoms with E-state index < -0.39 is 9.84 Å². The Labute approximate surface area is 141 Å². The van der Waals surface area contributed by atoms with Crippen LogP contribution in [0.1, 0.15) is 0 Å². The summed E-state index contributed by atoms with van der Waals surface area (Å²) >= 11 is 1.46. The Kier molecular flexibility index (Phi) is 3.58. The van der Waals surface area contributed by atoms with E-state index in [0.29, 0.717) is 5.82 Å². The maximum absolute atomic E-state index is 13.2. The van der Waals surface area contributed by atoms with Crippen LogP contribution in [0, 0.1) is 5.82 Å². The van der Waals surface area contributed by atoms with Gasteiger partial charge in [0.1, 0.15) is 22.8 Å². The molecule has 0 amide bonds. The molecule has 122 valence electrons. The number of rotatable bonds is 3. The van der Waals surface area contributed by atoms with Gasteiger partial charge in [0, 0.05) is 16.4 Å². The first-order valence-electron chi connectivity index (χ1n) is 7.17. The number of fused-ring (bicyclic) bond motifs is 1. The van der Waals surface area contributed by atoms with Gasteiger partial charge in [-0.15, -0.1) is 11.3 Å². The fourth-order valence-electron chi connectivity index (χ4n) is 2.67. The molecule has 0 bridgehead atoms. The van der Waals surface area contributed by atoms with E-state index in [-0.39, 0.29) is 17.6 Å². The molecule has 0 saturated carbocycles. The Morgan fingerprint density at radius 2 is 2.00 bits per heavy atom. The molecule has 0 radical (unpaired) electrons. The van der Waals surface area contributed by atoms with Gasteiger partial charge >= 0.3 is 0 Å². The van der Waals surface area contributed by atoms with Crippen molar-refractivity contribution in [2.24, 2.45) is 0 Å².